The molecule has 1 aliphatic heterocycles. The number of piperidine rings is 1. The number of ether oxygens (including phenoxy) is 1. The van der Waals surface area contributed by atoms with Crippen molar-refractivity contribution in [3.63, 3.8) is 0 Å². The normalized spacial score (nSPS) is 17.0. The number of hydrogen-bond acceptors (Lipinski definition) is 5. The molecule has 3 N–H and O–H groups in total. The Morgan fingerprint density at radius 1 is 1.19 bits per heavy atom. The monoisotopic (exact) mass is 459 g/mol. The average molecular weight is 460 g/mol. The number of benzene rings is 2. The number of primary amides is 1. The Morgan fingerprint density at radius 3 is 2.66 bits per heavy atom. The van der Waals surface area contributed by atoms with Gasteiger partial charge >= 0.3 is 0 Å². The number of anilines is 1. The van der Waals surface area contributed by atoms with E-state index in [0.717, 1.165) is 19.3 Å². The molecule has 0 spiro atoms. The van der Waals surface area contributed by atoms with E-state index in [1.807, 2.05) is 6.92 Å². The number of nitrogens with two attached hydrogens (primary N) is 1. The van der Waals surface area contributed by atoms with Crippen molar-refractivity contribution in [2.24, 2.45) is 5.73 Å². The number of hydrogen-bond donors (Lipinski definition) is 2. The first-order chi connectivity index (χ1) is 15.2. The average Bonchev–Trinajstić information content (AvgIpc) is 2.75. The molecule has 2 aromatic rings. The molecular formula is C23H29N3O5S. The van der Waals surface area contributed by atoms with Crippen LogP contribution >= 0.6 is 0 Å². The lowest BCUT2D eigenvalue weighted by Crippen LogP contribution is -2.42. The van der Waals surface area contributed by atoms with Gasteiger partial charge in [-0.15, -0.1) is 0 Å². The van der Waals surface area contributed by atoms with Gasteiger partial charge in [-0.05, 0) is 56.5 Å². The number of nitrogens with one attached hydrogen (secondary N) is 1. The van der Waals surface area contributed by atoms with Gasteiger partial charge in [-0.1, -0.05) is 24.6 Å². The molecule has 1 heterocycles. The van der Waals surface area contributed by atoms with Crippen LogP contribution in [0, 0.1) is 6.92 Å². The number of carbonyl (C=O) groups excluding carboxylic acids is 2. The third kappa shape index (κ3) is 5.46. The SMILES string of the molecule is Cc1ccc(S(=O)(=O)N2CCCCC2C)cc1C(=O)Nc1ccccc1OCCC(N)=O. The Labute approximate surface area is 188 Å². The van der Waals surface area contributed by atoms with Gasteiger partial charge in [0, 0.05) is 18.2 Å². The molecule has 0 saturated carbocycles. The van der Waals surface area contributed by atoms with Crippen molar-refractivity contribution in [1.82, 2.24) is 4.31 Å². The summed E-state index contributed by atoms with van der Waals surface area (Å²) in [5.74, 6) is -0.536. The van der Waals surface area contributed by atoms with Crippen molar-refractivity contribution in [1.29, 1.82) is 0 Å². The van der Waals surface area contributed by atoms with Gasteiger partial charge in [0.25, 0.3) is 5.91 Å². The molecule has 0 aliphatic carbocycles. The molecule has 1 fully saturated rings. The highest BCUT2D eigenvalue weighted by Crippen LogP contribution is 2.28. The molecule has 2 aromatic carbocycles. The van der Waals surface area contributed by atoms with E-state index < -0.39 is 21.8 Å². The van der Waals surface area contributed by atoms with Gasteiger partial charge in [-0.3, -0.25) is 9.59 Å². The first-order valence-corrected chi connectivity index (χ1v) is 12.1. The number of aryl methyl sites for hydroxylation is 1. The van der Waals surface area contributed by atoms with Crippen LogP contribution in [-0.2, 0) is 14.8 Å². The summed E-state index contributed by atoms with van der Waals surface area (Å²) in [6.07, 6.45) is 2.71. The maximum absolute atomic E-state index is 13.2. The fraction of sp³-hybridized carbons (Fsp3) is 0.391. The molecule has 0 radical (unpaired) electrons. The second kappa shape index (κ2) is 10.1. The second-order valence-electron chi connectivity index (χ2n) is 7.95. The molecule has 172 valence electrons. The lowest BCUT2D eigenvalue weighted by atomic mass is 10.1. The Bertz CT molecular complexity index is 1100. The van der Waals surface area contributed by atoms with Crippen LogP contribution in [-0.4, -0.2) is 43.7 Å². The fourth-order valence-electron chi connectivity index (χ4n) is 3.72. The third-order valence-electron chi connectivity index (χ3n) is 5.54. The largest absolute Gasteiger partial charge is 0.491 e. The maximum Gasteiger partial charge on any atom is 0.256 e. The van der Waals surface area contributed by atoms with E-state index in [2.05, 4.69) is 5.32 Å². The maximum atomic E-state index is 13.2. The summed E-state index contributed by atoms with van der Waals surface area (Å²) in [4.78, 5) is 24.1. The zero-order chi connectivity index (χ0) is 23.3. The van der Waals surface area contributed by atoms with Crippen LogP contribution in [0.1, 0.15) is 48.5 Å². The van der Waals surface area contributed by atoms with Crippen molar-refractivity contribution in [3.05, 3.63) is 53.6 Å². The van der Waals surface area contributed by atoms with E-state index in [-0.39, 0.29) is 29.5 Å². The number of carbonyl (C=O) groups is 2. The predicted octanol–water partition coefficient (Wildman–Crippen LogP) is 3.06. The topological polar surface area (TPSA) is 119 Å². The van der Waals surface area contributed by atoms with Crippen molar-refractivity contribution in [2.45, 2.75) is 50.5 Å². The van der Waals surface area contributed by atoms with Crippen LogP contribution in [0.4, 0.5) is 5.69 Å². The van der Waals surface area contributed by atoms with Crippen molar-refractivity contribution in [3.8, 4) is 5.75 Å². The predicted molar refractivity (Wildman–Crippen MR) is 122 cm³/mol. The van der Waals surface area contributed by atoms with Crippen LogP contribution in [0.25, 0.3) is 0 Å². The van der Waals surface area contributed by atoms with Gasteiger partial charge in [0.15, 0.2) is 0 Å². The van der Waals surface area contributed by atoms with E-state index >= 15 is 0 Å². The highest BCUT2D eigenvalue weighted by Gasteiger charge is 2.31. The minimum absolute atomic E-state index is 0.0518. The summed E-state index contributed by atoms with van der Waals surface area (Å²) >= 11 is 0. The van der Waals surface area contributed by atoms with Crippen LogP contribution in [0.15, 0.2) is 47.4 Å². The van der Waals surface area contributed by atoms with Gasteiger partial charge in [0.05, 0.1) is 23.6 Å². The molecule has 3 rings (SSSR count). The van der Waals surface area contributed by atoms with Gasteiger partial charge < -0.3 is 15.8 Å². The Morgan fingerprint density at radius 2 is 1.94 bits per heavy atom. The fourth-order valence-corrected chi connectivity index (χ4v) is 5.44. The first-order valence-electron chi connectivity index (χ1n) is 10.6. The molecular weight excluding hydrogens is 430 g/mol. The Balaban J connectivity index is 1.83. The minimum Gasteiger partial charge on any atom is -0.491 e. The molecule has 1 aliphatic rings. The quantitative estimate of drug-likeness (QED) is 0.629. The molecule has 0 aromatic heterocycles. The summed E-state index contributed by atoms with van der Waals surface area (Å²) in [6.45, 7) is 4.23. The van der Waals surface area contributed by atoms with Gasteiger partial charge in [-0.2, -0.15) is 4.31 Å². The second-order valence-corrected chi connectivity index (χ2v) is 9.84. The molecule has 0 bridgehead atoms. The Kier molecular flexibility index (Phi) is 7.52. The summed E-state index contributed by atoms with van der Waals surface area (Å²) in [7, 11) is -3.70. The third-order valence-corrected chi connectivity index (χ3v) is 7.55. The number of amides is 2. The smallest absolute Gasteiger partial charge is 0.256 e. The van der Waals surface area contributed by atoms with Gasteiger partial charge in [0.2, 0.25) is 15.9 Å². The van der Waals surface area contributed by atoms with Gasteiger partial charge in [-0.25, -0.2) is 8.42 Å². The van der Waals surface area contributed by atoms with E-state index in [1.165, 1.54) is 10.4 Å². The standard InChI is InChI=1S/C23H29N3O5S/c1-16-10-11-18(32(29,30)26-13-6-5-7-17(26)2)15-19(16)23(28)25-20-8-3-4-9-21(20)31-14-12-22(24)27/h3-4,8-11,15,17H,5-7,12-14H2,1-2H3,(H2,24,27)(H,25,28). The molecule has 2 amide bonds. The lowest BCUT2D eigenvalue weighted by molar-refractivity contribution is -0.118. The van der Waals surface area contributed by atoms with Crippen LogP contribution in [0.3, 0.4) is 0 Å². The Hall–Kier alpha value is -2.91. The van der Waals surface area contributed by atoms with E-state index in [9.17, 15) is 18.0 Å². The number of sulfonamides is 1. The molecule has 9 heteroatoms. The van der Waals surface area contributed by atoms with Crippen LogP contribution < -0.4 is 15.8 Å². The minimum atomic E-state index is -3.70. The number of nitrogens with zero attached hydrogens (tertiary/aromatic N) is 1. The van der Waals surface area contributed by atoms with Gasteiger partial charge in [0.1, 0.15) is 5.75 Å². The highest BCUT2D eigenvalue weighted by atomic mass is 32.2. The zero-order valence-corrected chi connectivity index (χ0v) is 19.2. The lowest BCUT2D eigenvalue weighted by Gasteiger charge is -2.32. The number of para-hydroxylation sites is 2. The molecule has 1 saturated heterocycles. The van der Waals surface area contributed by atoms with Crippen molar-refractivity contribution < 1.29 is 22.7 Å². The molecule has 1 unspecified atom stereocenters. The molecule has 1 atom stereocenters. The summed E-state index contributed by atoms with van der Waals surface area (Å²) in [5.41, 5.74) is 6.47. The summed E-state index contributed by atoms with van der Waals surface area (Å²) in [6, 6.07) is 11.4. The summed E-state index contributed by atoms with van der Waals surface area (Å²) in [5, 5.41) is 2.78. The molecule has 32 heavy (non-hydrogen) atoms. The van der Waals surface area contributed by atoms with Crippen molar-refractivity contribution in [2.75, 3.05) is 18.5 Å². The van der Waals surface area contributed by atoms with E-state index in [1.54, 1.807) is 43.3 Å². The van der Waals surface area contributed by atoms with Crippen LogP contribution in [0.5, 0.6) is 5.75 Å². The number of rotatable bonds is 8. The van der Waals surface area contributed by atoms with E-state index in [0.29, 0.717) is 23.5 Å². The first kappa shape index (κ1) is 23.7. The molecule has 8 nitrogen and oxygen atoms in total. The summed E-state index contributed by atoms with van der Waals surface area (Å²) < 4.78 is 33.5. The van der Waals surface area contributed by atoms with Crippen molar-refractivity contribution >= 4 is 27.5 Å². The highest BCUT2D eigenvalue weighted by molar-refractivity contribution is 7.89. The van der Waals surface area contributed by atoms with Crippen LogP contribution in [0.2, 0.25) is 0 Å². The zero-order valence-electron chi connectivity index (χ0n) is 18.3. The van der Waals surface area contributed by atoms with E-state index in [4.69, 9.17) is 10.5 Å².